The monoisotopic (exact) mass is 329 g/mol. The molecule has 1 atom stereocenters. The van der Waals surface area contributed by atoms with Crippen molar-refractivity contribution >= 4 is 6.09 Å². The topological polar surface area (TPSA) is 70.0 Å². The Balaban J connectivity index is 2.13. The highest BCUT2D eigenvalue weighted by molar-refractivity contribution is 5.64. The maximum atomic E-state index is 11.0. The molecule has 1 amide bonds. The van der Waals surface area contributed by atoms with E-state index in [0.29, 0.717) is 25.1 Å². The highest BCUT2D eigenvalue weighted by Gasteiger charge is 2.16. The van der Waals surface area contributed by atoms with Gasteiger partial charge >= 0.3 is 6.09 Å². The fraction of sp³-hybridized carbons (Fsp3) is 0.316. The summed E-state index contributed by atoms with van der Waals surface area (Å²) in [5.41, 5.74) is 2.01. The van der Waals surface area contributed by atoms with Crippen LogP contribution in [-0.4, -0.2) is 41.4 Å². The maximum absolute atomic E-state index is 11.0. The fourth-order valence-corrected chi connectivity index (χ4v) is 2.44. The number of carboxylic acid groups (broad SMARTS) is 1. The van der Waals surface area contributed by atoms with Gasteiger partial charge in [0.1, 0.15) is 11.9 Å². The van der Waals surface area contributed by atoms with Crippen molar-refractivity contribution in [2.45, 2.75) is 18.9 Å². The number of aliphatic hydroxyl groups is 1. The van der Waals surface area contributed by atoms with E-state index < -0.39 is 6.09 Å². The predicted molar refractivity (Wildman–Crippen MR) is 92.3 cm³/mol. The lowest BCUT2D eigenvalue weighted by Gasteiger charge is -2.22. The Morgan fingerprint density at radius 1 is 1.17 bits per heavy atom. The number of rotatable bonds is 8. The highest BCUT2D eigenvalue weighted by atomic mass is 16.5. The molecule has 2 N–H and O–H groups in total. The van der Waals surface area contributed by atoms with Gasteiger partial charge in [-0.05, 0) is 29.7 Å². The van der Waals surface area contributed by atoms with Crippen LogP contribution in [0.3, 0.4) is 0 Å². The number of benzene rings is 2. The third-order valence-corrected chi connectivity index (χ3v) is 3.80. The first-order chi connectivity index (χ1) is 11.6. The van der Waals surface area contributed by atoms with Crippen LogP contribution in [0.25, 0.3) is 0 Å². The number of amides is 1. The van der Waals surface area contributed by atoms with Gasteiger partial charge in [0, 0.05) is 26.6 Å². The van der Waals surface area contributed by atoms with Crippen molar-refractivity contribution in [1.82, 2.24) is 4.90 Å². The van der Waals surface area contributed by atoms with E-state index in [1.165, 1.54) is 4.90 Å². The molecule has 0 fully saturated rings. The normalized spacial score (nSPS) is 11.8. The molecular formula is C19H23NO4. The van der Waals surface area contributed by atoms with Gasteiger partial charge in [-0.25, -0.2) is 4.79 Å². The van der Waals surface area contributed by atoms with Gasteiger partial charge in [-0.3, -0.25) is 0 Å². The van der Waals surface area contributed by atoms with E-state index in [0.717, 1.165) is 11.1 Å². The largest absolute Gasteiger partial charge is 0.486 e. The van der Waals surface area contributed by atoms with Crippen LogP contribution in [0.1, 0.15) is 23.7 Å². The molecule has 0 saturated heterocycles. The second-order valence-electron chi connectivity index (χ2n) is 5.63. The Labute approximate surface area is 142 Å². The molecule has 5 nitrogen and oxygen atoms in total. The summed E-state index contributed by atoms with van der Waals surface area (Å²) in [6.07, 6.45) is -0.0597. The van der Waals surface area contributed by atoms with Crippen molar-refractivity contribution in [1.29, 1.82) is 0 Å². The maximum Gasteiger partial charge on any atom is 0.407 e. The Bertz CT molecular complexity index is 645. The summed E-state index contributed by atoms with van der Waals surface area (Å²) in [5, 5.41) is 18.1. The molecule has 128 valence electrons. The van der Waals surface area contributed by atoms with Crippen LogP contribution in [0.2, 0.25) is 0 Å². The Hall–Kier alpha value is -2.53. The average molecular weight is 329 g/mol. The lowest BCUT2D eigenvalue weighted by atomic mass is 10.1. The van der Waals surface area contributed by atoms with E-state index in [-0.39, 0.29) is 12.7 Å². The van der Waals surface area contributed by atoms with Crippen LogP contribution in [0, 0.1) is 0 Å². The standard InChI is InChI=1S/C19H23NO4/c1-20(19(22)23)12-10-18(16-7-3-2-4-8-16)24-17-9-5-6-15(14-17)11-13-21/h2-9,14,18,21H,10-13H2,1H3,(H,22,23)/t18-/m1/s1. The second kappa shape index (κ2) is 8.93. The number of nitrogens with zero attached hydrogens (tertiary/aromatic N) is 1. The summed E-state index contributed by atoms with van der Waals surface area (Å²) in [6, 6.07) is 17.4. The first kappa shape index (κ1) is 17.8. The van der Waals surface area contributed by atoms with E-state index in [2.05, 4.69) is 0 Å². The third-order valence-electron chi connectivity index (χ3n) is 3.80. The minimum absolute atomic E-state index is 0.0922. The van der Waals surface area contributed by atoms with Crippen LogP contribution in [0.5, 0.6) is 5.75 Å². The van der Waals surface area contributed by atoms with E-state index in [4.69, 9.17) is 14.9 Å². The molecule has 0 aromatic heterocycles. The third kappa shape index (κ3) is 5.28. The number of carbonyl (C=O) groups is 1. The molecule has 0 saturated carbocycles. The van der Waals surface area contributed by atoms with Gasteiger partial charge in [0.15, 0.2) is 0 Å². The zero-order valence-corrected chi connectivity index (χ0v) is 13.8. The first-order valence-corrected chi connectivity index (χ1v) is 7.95. The SMILES string of the molecule is CN(CC[C@@H](Oc1cccc(CCO)c1)c1ccccc1)C(=O)O. The van der Waals surface area contributed by atoms with Crippen LogP contribution in [-0.2, 0) is 6.42 Å². The van der Waals surface area contributed by atoms with Gasteiger partial charge in [-0.2, -0.15) is 0 Å². The Kier molecular flexibility index (Phi) is 6.63. The number of aliphatic hydroxyl groups excluding tert-OH is 1. The predicted octanol–water partition coefficient (Wildman–Crippen LogP) is 3.34. The molecule has 2 aromatic carbocycles. The molecule has 0 aliphatic carbocycles. The molecule has 0 radical (unpaired) electrons. The van der Waals surface area contributed by atoms with Gasteiger partial charge in [-0.1, -0.05) is 42.5 Å². The minimum atomic E-state index is -0.952. The van der Waals surface area contributed by atoms with Crippen LogP contribution in [0.15, 0.2) is 54.6 Å². The van der Waals surface area contributed by atoms with Gasteiger partial charge < -0.3 is 19.8 Å². The summed E-state index contributed by atoms with van der Waals surface area (Å²) < 4.78 is 6.12. The van der Waals surface area contributed by atoms with Crippen LogP contribution >= 0.6 is 0 Å². The molecule has 2 rings (SSSR count). The molecular weight excluding hydrogens is 306 g/mol. The van der Waals surface area contributed by atoms with Gasteiger partial charge in [-0.15, -0.1) is 0 Å². The van der Waals surface area contributed by atoms with Crippen molar-refractivity contribution in [2.24, 2.45) is 0 Å². The summed E-state index contributed by atoms with van der Waals surface area (Å²) >= 11 is 0. The smallest absolute Gasteiger partial charge is 0.407 e. The van der Waals surface area contributed by atoms with Gasteiger partial charge in [0.25, 0.3) is 0 Å². The van der Waals surface area contributed by atoms with Crippen molar-refractivity contribution in [3.8, 4) is 5.75 Å². The van der Waals surface area contributed by atoms with Crippen LogP contribution in [0.4, 0.5) is 4.79 Å². The molecule has 0 unspecified atom stereocenters. The Morgan fingerprint density at radius 2 is 1.92 bits per heavy atom. The highest BCUT2D eigenvalue weighted by Crippen LogP contribution is 2.26. The zero-order valence-electron chi connectivity index (χ0n) is 13.8. The van der Waals surface area contributed by atoms with Crippen LogP contribution < -0.4 is 4.74 Å². The van der Waals surface area contributed by atoms with E-state index in [1.807, 2.05) is 54.6 Å². The molecule has 0 bridgehead atoms. The lowest BCUT2D eigenvalue weighted by molar-refractivity contribution is 0.140. The second-order valence-corrected chi connectivity index (χ2v) is 5.63. The van der Waals surface area contributed by atoms with E-state index in [9.17, 15) is 4.79 Å². The number of hydrogen-bond acceptors (Lipinski definition) is 3. The quantitative estimate of drug-likeness (QED) is 0.779. The van der Waals surface area contributed by atoms with Crippen molar-refractivity contribution in [2.75, 3.05) is 20.2 Å². The summed E-state index contributed by atoms with van der Waals surface area (Å²) in [6.45, 7) is 0.472. The van der Waals surface area contributed by atoms with E-state index >= 15 is 0 Å². The van der Waals surface area contributed by atoms with E-state index in [1.54, 1.807) is 7.05 Å². The molecule has 0 aliphatic heterocycles. The Morgan fingerprint density at radius 3 is 2.58 bits per heavy atom. The molecule has 2 aromatic rings. The van der Waals surface area contributed by atoms with Crippen molar-refractivity contribution in [3.63, 3.8) is 0 Å². The molecule has 0 spiro atoms. The molecule has 0 aliphatic rings. The lowest BCUT2D eigenvalue weighted by Crippen LogP contribution is -2.27. The summed E-state index contributed by atoms with van der Waals surface area (Å²) in [5.74, 6) is 0.716. The van der Waals surface area contributed by atoms with Gasteiger partial charge in [0.05, 0.1) is 0 Å². The molecule has 24 heavy (non-hydrogen) atoms. The van der Waals surface area contributed by atoms with Crippen molar-refractivity contribution < 1.29 is 19.7 Å². The average Bonchev–Trinajstić information content (AvgIpc) is 2.59. The number of hydrogen-bond donors (Lipinski definition) is 2. The summed E-state index contributed by atoms with van der Waals surface area (Å²) in [4.78, 5) is 12.2. The zero-order chi connectivity index (χ0) is 17.4. The fourth-order valence-electron chi connectivity index (χ4n) is 2.44. The molecule has 0 heterocycles. The summed E-state index contributed by atoms with van der Waals surface area (Å²) in [7, 11) is 1.55. The minimum Gasteiger partial charge on any atom is -0.486 e. The van der Waals surface area contributed by atoms with Gasteiger partial charge in [0.2, 0.25) is 0 Å². The number of ether oxygens (including phenoxy) is 1. The first-order valence-electron chi connectivity index (χ1n) is 7.95. The molecule has 5 heteroatoms. The van der Waals surface area contributed by atoms with Crippen molar-refractivity contribution in [3.05, 3.63) is 65.7 Å².